The van der Waals surface area contributed by atoms with Crippen LogP contribution >= 0.6 is 0 Å². The summed E-state index contributed by atoms with van der Waals surface area (Å²) < 4.78 is 47.8. The van der Waals surface area contributed by atoms with Crippen LogP contribution < -0.4 is 24.2 Å². The number of carbonyl (C=O) groups excluding carboxylic acids is 1. The van der Waals surface area contributed by atoms with Crippen LogP contribution in [0.15, 0.2) is 102 Å². The average molecular weight is 694 g/mol. The smallest absolute Gasteiger partial charge is 0.263 e. The van der Waals surface area contributed by atoms with Crippen molar-refractivity contribution in [3.63, 3.8) is 0 Å². The molecule has 1 unspecified atom stereocenters. The van der Waals surface area contributed by atoms with E-state index in [9.17, 15) is 18.5 Å². The highest BCUT2D eigenvalue weighted by Crippen LogP contribution is 2.41. The van der Waals surface area contributed by atoms with E-state index in [1.165, 1.54) is 31.6 Å². The number of aromatic nitrogens is 4. The molecule has 2 N–H and O–H groups in total. The summed E-state index contributed by atoms with van der Waals surface area (Å²) in [5.74, 6) is -0.608. The monoisotopic (exact) mass is 693 g/mol. The van der Waals surface area contributed by atoms with E-state index < -0.39 is 22.0 Å². The number of amides is 1. The average Bonchev–Trinajstić information content (AvgIpc) is 3.12. The number of ether oxygens (including phenoxy) is 3. The maximum absolute atomic E-state index is 13.8. The largest absolute Gasteiger partial charge is 0.493 e. The van der Waals surface area contributed by atoms with E-state index in [1.54, 1.807) is 66.7 Å². The van der Waals surface area contributed by atoms with Gasteiger partial charge in [0.1, 0.15) is 6.04 Å². The van der Waals surface area contributed by atoms with Gasteiger partial charge in [-0.15, -0.1) is 0 Å². The molecule has 2 heterocycles. The van der Waals surface area contributed by atoms with Gasteiger partial charge in [-0.2, -0.15) is 10.2 Å². The van der Waals surface area contributed by atoms with Crippen molar-refractivity contribution in [2.45, 2.75) is 43.5 Å². The molecule has 1 atom stereocenters. The van der Waals surface area contributed by atoms with Gasteiger partial charge in [0.25, 0.3) is 15.9 Å². The zero-order valence-corrected chi connectivity index (χ0v) is 28.6. The fraction of sp³-hybridized carbons (Fsp3) is 0.222. The topological polar surface area (TPSA) is 178 Å². The normalized spacial score (nSPS) is 11.9. The number of rotatable bonds is 13. The van der Waals surface area contributed by atoms with Crippen molar-refractivity contribution in [2.24, 2.45) is 0 Å². The quantitative estimate of drug-likeness (QED) is 0.148. The summed E-state index contributed by atoms with van der Waals surface area (Å²) in [6.45, 7) is 5.86. The lowest BCUT2D eigenvalue weighted by molar-refractivity contribution is -0.122. The van der Waals surface area contributed by atoms with Crippen LogP contribution in [0.5, 0.6) is 23.1 Å². The Bertz CT molecular complexity index is 2080. The lowest BCUT2D eigenvalue weighted by Crippen LogP contribution is -2.28. The number of anilines is 1. The Morgan fingerprint density at radius 2 is 1.54 bits per heavy atom. The lowest BCUT2D eigenvalue weighted by atomic mass is 9.87. The summed E-state index contributed by atoms with van der Waals surface area (Å²) in [6.07, 6.45) is 2.78. The molecule has 0 fully saturated rings. The van der Waals surface area contributed by atoms with Crippen molar-refractivity contribution in [1.82, 2.24) is 25.3 Å². The third-order valence-electron chi connectivity index (χ3n) is 7.28. The molecule has 50 heavy (non-hydrogen) atoms. The number of benzene rings is 3. The first-order chi connectivity index (χ1) is 24.0. The van der Waals surface area contributed by atoms with Crippen molar-refractivity contribution in [3.8, 4) is 40.8 Å². The first kappa shape index (κ1) is 35.2. The Morgan fingerprint density at radius 3 is 2.18 bits per heavy atom. The minimum atomic E-state index is -4.24. The summed E-state index contributed by atoms with van der Waals surface area (Å²) in [7, 11) is -2.78. The van der Waals surface area contributed by atoms with Gasteiger partial charge in [-0.1, -0.05) is 75.4 Å². The summed E-state index contributed by atoms with van der Waals surface area (Å²) >= 11 is 0. The van der Waals surface area contributed by atoms with Gasteiger partial charge in [0.2, 0.25) is 17.5 Å². The van der Waals surface area contributed by atoms with Crippen molar-refractivity contribution >= 4 is 21.7 Å². The highest BCUT2D eigenvalue weighted by Gasteiger charge is 2.27. The molecular weight excluding hydrogens is 659 g/mol. The minimum absolute atomic E-state index is 0.0190. The first-order valence-electron chi connectivity index (χ1n) is 15.5. The maximum Gasteiger partial charge on any atom is 0.263 e. The summed E-state index contributed by atoms with van der Waals surface area (Å²) in [5, 5.41) is 12.3. The Labute approximate surface area is 290 Å². The third kappa shape index (κ3) is 8.69. The zero-order chi connectivity index (χ0) is 35.7. The second kappa shape index (κ2) is 15.4. The summed E-state index contributed by atoms with van der Waals surface area (Å²) in [6, 6.07) is 24.9. The van der Waals surface area contributed by atoms with Gasteiger partial charge >= 0.3 is 0 Å². The maximum atomic E-state index is 13.8. The predicted octanol–water partition coefficient (Wildman–Crippen LogP) is 5.98. The lowest BCUT2D eigenvalue weighted by Gasteiger charge is -2.20. The zero-order valence-electron chi connectivity index (χ0n) is 27.8. The molecule has 0 aliphatic rings. The number of sulfonamides is 1. The Hall–Kier alpha value is -6.07. The van der Waals surface area contributed by atoms with E-state index in [0.29, 0.717) is 11.3 Å². The molecule has 14 heteroatoms. The van der Waals surface area contributed by atoms with E-state index in [4.69, 9.17) is 14.2 Å². The fourth-order valence-electron chi connectivity index (χ4n) is 4.65. The van der Waals surface area contributed by atoms with Gasteiger partial charge in [0, 0.05) is 12.4 Å². The molecule has 0 aliphatic carbocycles. The van der Waals surface area contributed by atoms with Crippen molar-refractivity contribution in [3.05, 3.63) is 108 Å². The van der Waals surface area contributed by atoms with Crippen LogP contribution in [0, 0.1) is 11.3 Å². The standard InChI is InChI=1S/C36H35N7O6S/c1-36(2,3)25-15-17-26(18-16-25)50(45,46)43-32-31(49-29-14-9-8-13-28(29)47-4)35(42-34(41-32)33-38-20-10-21-39-33)48-22-19-30(44)40-27(23-37)24-11-6-5-7-12-24/h5-18,20-21,27H,19,22H2,1-4H3,(H,40,44)(H,41,42,43). The molecule has 0 radical (unpaired) electrons. The van der Waals surface area contributed by atoms with Crippen LogP contribution in [0.2, 0.25) is 0 Å². The van der Waals surface area contributed by atoms with Crippen LogP contribution in [0.4, 0.5) is 5.82 Å². The van der Waals surface area contributed by atoms with Crippen LogP contribution in [-0.2, 0) is 20.2 Å². The number of hydrogen-bond acceptors (Lipinski definition) is 11. The molecule has 1 amide bonds. The number of carbonyl (C=O) groups is 1. The van der Waals surface area contributed by atoms with Gasteiger partial charge in [-0.05, 0) is 46.9 Å². The van der Waals surface area contributed by atoms with E-state index in [0.717, 1.165) is 5.56 Å². The molecule has 3 aromatic carbocycles. The second-order valence-corrected chi connectivity index (χ2v) is 13.6. The number of nitrogens with one attached hydrogen (secondary N) is 2. The molecule has 256 valence electrons. The van der Waals surface area contributed by atoms with Gasteiger partial charge in [0.05, 0.1) is 31.1 Å². The molecule has 5 aromatic rings. The van der Waals surface area contributed by atoms with E-state index in [2.05, 4.69) is 36.0 Å². The molecule has 5 rings (SSSR count). The van der Waals surface area contributed by atoms with E-state index in [-0.39, 0.29) is 58.2 Å². The highest BCUT2D eigenvalue weighted by molar-refractivity contribution is 7.92. The Morgan fingerprint density at radius 1 is 0.880 bits per heavy atom. The molecule has 2 aromatic heterocycles. The molecule has 0 saturated heterocycles. The number of nitriles is 1. The van der Waals surface area contributed by atoms with Crippen LogP contribution in [0.3, 0.4) is 0 Å². The Kier molecular flexibility index (Phi) is 10.9. The van der Waals surface area contributed by atoms with Gasteiger partial charge in [-0.3, -0.25) is 9.52 Å². The molecule has 13 nitrogen and oxygen atoms in total. The number of para-hydroxylation sites is 2. The number of methoxy groups -OCH3 is 1. The first-order valence-corrected chi connectivity index (χ1v) is 17.0. The molecule has 0 spiro atoms. The summed E-state index contributed by atoms with van der Waals surface area (Å²) in [5.41, 5.74) is 1.39. The van der Waals surface area contributed by atoms with E-state index >= 15 is 0 Å². The minimum Gasteiger partial charge on any atom is -0.493 e. The molecule has 0 bridgehead atoms. The van der Waals surface area contributed by atoms with Gasteiger partial charge < -0.3 is 19.5 Å². The van der Waals surface area contributed by atoms with Gasteiger partial charge in [0.15, 0.2) is 23.1 Å². The molecule has 0 aliphatic heterocycles. The van der Waals surface area contributed by atoms with Crippen molar-refractivity contribution < 1.29 is 27.4 Å². The second-order valence-electron chi connectivity index (χ2n) is 11.9. The predicted molar refractivity (Wildman–Crippen MR) is 185 cm³/mol. The van der Waals surface area contributed by atoms with Crippen molar-refractivity contribution in [2.75, 3.05) is 18.4 Å². The SMILES string of the molecule is COc1ccccc1Oc1c(NS(=O)(=O)c2ccc(C(C)(C)C)cc2)nc(-c2ncccn2)nc1OCCC(=O)NC(C#N)c1ccccc1. The van der Waals surface area contributed by atoms with Crippen LogP contribution in [0.1, 0.15) is 44.4 Å². The van der Waals surface area contributed by atoms with Crippen molar-refractivity contribution in [1.29, 1.82) is 5.26 Å². The molecular formula is C36H35N7O6S. The Balaban J connectivity index is 1.52. The number of nitrogens with zero attached hydrogens (tertiary/aromatic N) is 5. The van der Waals surface area contributed by atoms with Crippen LogP contribution in [-0.4, -0.2) is 48.0 Å². The number of hydrogen-bond donors (Lipinski definition) is 2. The highest BCUT2D eigenvalue weighted by atomic mass is 32.2. The fourth-order valence-corrected chi connectivity index (χ4v) is 5.65. The van der Waals surface area contributed by atoms with Crippen LogP contribution in [0.25, 0.3) is 11.6 Å². The third-order valence-corrected chi connectivity index (χ3v) is 8.63. The van der Waals surface area contributed by atoms with Gasteiger partial charge in [-0.25, -0.2) is 23.4 Å². The van der Waals surface area contributed by atoms with E-state index in [1.807, 2.05) is 26.8 Å². The summed E-state index contributed by atoms with van der Waals surface area (Å²) in [4.78, 5) is 30.2. The molecule has 0 saturated carbocycles.